The molecule has 0 fully saturated rings. The summed E-state index contributed by atoms with van der Waals surface area (Å²) in [6, 6.07) is 11.3. The van der Waals surface area contributed by atoms with Gasteiger partial charge in [0.2, 0.25) is 0 Å². The highest BCUT2D eigenvalue weighted by atomic mass is 19.3. The largest absolute Gasteiger partial charge is 0.435 e. The zero-order valence-corrected chi connectivity index (χ0v) is 15.9. The summed E-state index contributed by atoms with van der Waals surface area (Å²) in [7, 11) is 3.72. The van der Waals surface area contributed by atoms with Crippen LogP contribution in [-0.4, -0.2) is 30.6 Å². The minimum absolute atomic E-state index is 0.0356. The molecule has 1 heterocycles. The van der Waals surface area contributed by atoms with E-state index in [1.807, 2.05) is 25.1 Å². The first-order valence-corrected chi connectivity index (χ1v) is 8.81. The molecule has 29 heavy (non-hydrogen) atoms. The molecule has 1 aromatic heterocycles. The maximum atomic E-state index is 14.3. The predicted molar refractivity (Wildman–Crippen MR) is 104 cm³/mol. The number of pyridine rings is 1. The SMILES string of the molecule is CN(C)Cc1ccc(CNc2c(C#N)cnc3ccc(OC(F)F)cc23)cc1F. The standard InChI is InChI=1S/C21H19F3N4O/c1-28(2)12-14-4-3-13(7-18(14)22)10-27-20-15(9-25)11-26-19-6-5-16(8-17(19)20)29-21(23)24/h3-8,11,21H,10,12H2,1-2H3,(H,26,27). The van der Waals surface area contributed by atoms with E-state index in [0.29, 0.717) is 34.3 Å². The van der Waals surface area contributed by atoms with Crippen molar-refractivity contribution in [3.63, 3.8) is 0 Å². The van der Waals surface area contributed by atoms with E-state index in [4.69, 9.17) is 0 Å². The number of rotatable bonds is 7. The molecule has 0 saturated carbocycles. The molecule has 0 aliphatic carbocycles. The van der Waals surface area contributed by atoms with Gasteiger partial charge in [0, 0.05) is 30.2 Å². The van der Waals surface area contributed by atoms with E-state index >= 15 is 0 Å². The minimum atomic E-state index is -2.96. The first kappa shape index (κ1) is 20.4. The molecule has 2 aromatic carbocycles. The Labute approximate surface area is 166 Å². The summed E-state index contributed by atoms with van der Waals surface area (Å²) in [6.45, 7) is -2.23. The summed E-state index contributed by atoms with van der Waals surface area (Å²) in [5, 5.41) is 13.0. The number of nitrogens with zero attached hydrogens (tertiary/aromatic N) is 3. The Hall–Kier alpha value is -3.31. The summed E-state index contributed by atoms with van der Waals surface area (Å²) in [5.74, 6) is -0.350. The first-order valence-electron chi connectivity index (χ1n) is 8.81. The van der Waals surface area contributed by atoms with E-state index in [1.165, 1.54) is 30.5 Å². The van der Waals surface area contributed by atoms with E-state index < -0.39 is 6.61 Å². The van der Waals surface area contributed by atoms with Crippen LogP contribution in [0.5, 0.6) is 5.75 Å². The highest BCUT2D eigenvalue weighted by Crippen LogP contribution is 2.30. The van der Waals surface area contributed by atoms with Crippen molar-refractivity contribution in [1.82, 2.24) is 9.88 Å². The van der Waals surface area contributed by atoms with Crippen molar-refractivity contribution in [1.29, 1.82) is 5.26 Å². The van der Waals surface area contributed by atoms with Crippen molar-refractivity contribution in [2.45, 2.75) is 19.7 Å². The lowest BCUT2D eigenvalue weighted by Crippen LogP contribution is -2.12. The number of nitrogens with one attached hydrogen (secondary N) is 1. The van der Waals surface area contributed by atoms with Crippen molar-refractivity contribution < 1.29 is 17.9 Å². The van der Waals surface area contributed by atoms with Gasteiger partial charge in [-0.05, 0) is 43.9 Å². The second-order valence-electron chi connectivity index (χ2n) is 6.73. The Morgan fingerprint density at radius 1 is 1.21 bits per heavy atom. The van der Waals surface area contributed by atoms with Gasteiger partial charge in [0.25, 0.3) is 0 Å². The molecule has 1 N–H and O–H groups in total. The summed E-state index contributed by atoms with van der Waals surface area (Å²) >= 11 is 0. The van der Waals surface area contributed by atoms with Crippen LogP contribution in [0, 0.1) is 17.1 Å². The fourth-order valence-electron chi connectivity index (χ4n) is 2.98. The first-order chi connectivity index (χ1) is 13.9. The third-order valence-electron chi connectivity index (χ3n) is 4.26. The molecule has 0 spiro atoms. The molecule has 0 aliphatic heterocycles. The van der Waals surface area contributed by atoms with Crippen molar-refractivity contribution in [3.05, 3.63) is 65.1 Å². The number of alkyl halides is 2. The monoisotopic (exact) mass is 400 g/mol. The summed E-state index contributed by atoms with van der Waals surface area (Å²) in [5.41, 5.74) is 2.45. The average molecular weight is 400 g/mol. The van der Waals surface area contributed by atoms with E-state index in [-0.39, 0.29) is 23.7 Å². The summed E-state index contributed by atoms with van der Waals surface area (Å²) in [4.78, 5) is 6.04. The molecule has 5 nitrogen and oxygen atoms in total. The molecule has 0 bridgehead atoms. The van der Waals surface area contributed by atoms with E-state index in [1.54, 1.807) is 12.1 Å². The molecule has 0 atom stereocenters. The van der Waals surface area contributed by atoms with Gasteiger partial charge in [-0.1, -0.05) is 12.1 Å². The van der Waals surface area contributed by atoms with Crippen molar-refractivity contribution in [2.24, 2.45) is 0 Å². The molecule has 0 aliphatic rings. The number of anilines is 1. The van der Waals surface area contributed by atoms with Crippen LogP contribution >= 0.6 is 0 Å². The van der Waals surface area contributed by atoms with Crippen LogP contribution in [0.15, 0.2) is 42.6 Å². The maximum Gasteiger partial charge on any atom is 0.387 e. The smallest absolute Gasteiger partial charge is 0.387 e. The number of aromatic nitrogens is 1. The Balaban J connectivity index is 1.90. The number of halogens is 3. The lowest BCUT2D eigenvalue weighted by atomic mass is 10.1. The Bertz CT molecular complexity index is 1060. The molecule has 3 rings (SSSR count). The number of ether oxygens (including phenoxy) is 1. The van der Waals surface area contributed by atoms with Gasteiger partial charge in [0.1, 0.15) is 17.6 Å². The zero-order valence-electron chi connectivity index (χ0n) is 15.9. The number of hydrogen-bond acceptors (Lipinski definition) is 5. The molecule has 0 radical (unpaired) electrons. The third kappa shape index (κ3) is 4.95. The summed E-state index contributed by atoms with van der Waals surface area (Å²) in [6.07, 6.45) is 1.40. The molecular weight excluding hydrogens is 381 g/mol. The Morgan fingerprint density at radius 2 is 2.00 bits per heavy atom. The molecule has 3 aromatic rings. The van der Waals surface area contributed by atoms with Crippen LogP contribution in [0.2, 0.25) is 0 Å². The molecule has 0 amide bonds. The lowest BCUT2D eigenvalue weighted by Gasteiger charge is -2.14. The minimum Gasteiger partial charge on any atom is -0.435 e. The molecule has 150 valence electrons. The number of fused-ring (bicyclic) bond motifs is 1. The fraction of sp³-hybridized carbons (Fsp3) is 0.238. The van der Waals surface area contributed by atoms with Crippen molar-refractivity contribution in [3.8, 4) is 11.8 Å². The van der Waals surface area contributed by atoms with Crippen LogP contribution in [0.25, 0.3) is 10.9 Å². The van der Waals surface area contributed by atoms with E-state index in [0.717, 1.165) is 0 Å². The Kier molecular flexibility index (Phi) is 6.20. The van der Waals surface area contributed by atoms with Crippen LogP contribution in [0.1, 0.15) is 16.7 Å². The second kappa shape index (κ2) is 8.80. The maximum absolute atomic E-state index is 14.3. The van der Waals surface area contributed by atoms with E-state index in [9.17, 15) is 18.4 Å². The molecular formula is C21H19F3N4O. The van der Waals surface area contributed by atoms with Gasteiger partial charge in [-0.2, -0.15) is 14.0 Å². The van der Waals surface area contributed by atoms with Crippen LogP contribution in [-0.2, 0) is 13.1 Å². The quantitative estimate of drug-likeness (QED) is 0.632. The van der Waals surface area contributed by atoms with Gasteiger partial charge in [0.05, 0.1) is 16.8 Å². The van der Waals surface area contributed by atoms with E-state index in [2.05, 4.69) is 15.0 Å². The number of hydrogen-bond donors (Lipinski definition) is 1. The normalized spacial score (nSPS) is 11.1. The van der Waals surface area contributed by atoms with Gasteiger partial charge in [-0.25, -0.2) is 4.39 Å². The van der Waals surface area contributed by atoms with Crippen LogP contribution < -0.4 is 10.1 Å². The predicted octanol–water partition coefficient (Wildman–Crippen LogP) is 4.52. The van der Waals surface area contributed by atoms with Crippen molar-refractivity contribution >= 4 is 16.6 Å². The van der Waals surface area contributed by atoms with Crippen LogP contribution in [0.4, 0.5) is 18.9 Å². The van der Waals surface area contributed by atoms with Gasteiger partial charge >= 0.3 is 6.61 Å². The van der Waals surface area contributed by atoms with Crippen molar-refractivity contribution in [2.75, 3.05) is 19.4 Å². The topological polar surface area (TPSA) is 61.2 Å². The number of nitriles is 1. The molecule has 8 heteroatoms. The fourth-order valence-corrected chi connectivity index (χ4v) is 2.98. The molecule has 0 unspecified atom stereocenters. The van der Waals surface area contributed by atoms with Gasteiger partial charge in [-0.15, -0.1) is 0 Å². The average Bonchev–Trinajstić information content (AvgIpc) is 2.67. The zero-order chi connectivity index (χ0) is 21.0. The van der Waals surface area contributed by atoms with Gasteiger partial charge in [-0.3, -0.25) is 4.98 Å². The van der Waals surface area contributed by atoms with Gasteiger partial charge in [0.15, 0.2) is 0 Å². The molecule has 0 saturated heterocycles. The number of benzene rings is 2. The Morgan fingerprint density at radius 3 is 2.66 bits per heavy atom. The lowest BCUT2D eigenvalue weighted by molar-refractivity contribution is -0.0497. The second-order valence-corrected chi connectivity index (χ2v) is 6.73. The third-order valence-corrected chi connectivity index (χ3v) is 4.26. The van der Waals surface area contributed by atoms with Gasteiger partial charge < -0.3 is 15.0 Å². The highest BCUT2D eigenvalue weighted by Gasteiger charge is 2.12. The highest BCUT2D eigenvalue weighted by molar-refractivity contribution is 5.94. The summed E-state index contributed by atoms with van der Waals surface area (Å²) < 4.78 is 43.8. The van der Waals surface area contributed by atoms with Crippen LogP contribution in [0.3, 0.4) is 0 Å².